The number of hydrogen-bond acceptors (Lipinski definition) is 8. The van der Waals surface area contributed by atoms with Gasteiger partial charge in [0.25, 0.3) is 0 Å². The second-order valence-electron chi connectivity index (χ2n) is 2.85. The number of thioether (sulfide) groups is 1. The van der Waals surface area contributed by atoms with Crippen LogP contribution in [0.2, 0.25) is 0 Å². The number of rotatable bonds is 6. The number of nitrogens with zero attached hydrogens (tertiary/aromatic N) is 2. The number of nitrogens with two attached hydrogens (primary N) is 1. The fourth-order valence-electron chi connectivity index (χ4n) is 0.941. The number of nitrogen functional groups attached to an aromatic ring is 1. The maximum Gasteiger partial charge on any atom is 0.474 e. The third-order valence-corrected chi connectivity index (χ3v) is 3.79. The zero-order valence-electron chi connectivity index (χ0n) is 9.74. The van der Waals surface area contributed by atoms with E-state index in [0.717, 1.165) is 0 Å². The van der Waals surface area contributed by atoms with Gasteiger partial charge in [-0.25, -0.2) is 14.5 Å². The van der Waals surface area contributed by atoms with Gasteiger partial charge in [0.2, 0.25) is 0 Å². The Bertz CT molecular complexity index is 423. The molecule has 9 heteroatoms. The SMILES string of the molecule is COP(=O)(OC)OCc1cnc(SC)nc1N. The molecule has 1 rings (SSSR count). The zero-order chi connectivity index (χ0) is 12.9. The second kappa shape index (κ2) is 6.32. The minimum Gasteiger partial charge on any atom is -0.383 e. The third kappa shape index (κ3) is 3.93. The molecule has 1 heterocycles. The van der Waals surface area contributed by atoms with Gasteiger partial charge >= 0.3 is 7.82 Å². The van der Waals surface area contributed by atoms with Crippen LogP contribution in [0.4, 0.5) is 5.82 Å². The molecule has 0 saturated heterocycles. The van der Waals surface area contributed by atoms with E-state index in [1.807, 2.05) is 6.26 Å². The van der Waals surface area contributed by atoms with Crippen molar-refractivity contribution < 1.29 is 18.1 Å². The molecule has 0 spiro atoms. The Morgan fingerprint density at radius 2 is 2.12 bits per heavy atom. The lowest BCUT2D eigenvalue weighted by molar-refractivity contribution is 0.146. The van der Waals surface area contributed by atoms with E-state index in [1.54, 1.807) is 0 Å². The first kappa shape index (κ1) is 14.4. The Hall–Kier alpha value is -0.660. The fraction of sp³-hybridized carbons (Fsp3) is 0.500. The molecular formula is C8H14N3O4PS. The number of phosphoric ester groups is 1. The predicted octanol–water partition coefficient (Wildman–Crippen LogP) is 1.70. The molecule has 0 aliphatic heterocycles. The summed E-state index contributed by atoms with van der Waals surface area (Å²) in [6.07, 6.45) is 3.36. The summed E-state index contributed by atoms with van der Waals surface area (Å²) < 4.78 is 25.9. The normalized spacial score (nSPS) is 11.7. The van der Waals surface area contributed by atoms with Crippen LogP contribution in [0.5, 0.6) is 0 Å². The molecule has 0 amide bonds. The van der Waals surface area contributed by atoms with Crippen LogP contribution in [0.25, 0.3) is 0 Å². The van der Waals surface area contributed by atoms with Crippen LogP contribution in [-0.2, 0) is 24.7 Å². The molecule has 7 nitrogen and oxygen atoms in total. The monoisotopic (exact) mass is 279 g/mol. The lowest BCUT2D eigenvalue weighted by Crippen LogP contribution is -2.03. The standard InChI is InChI=1S/C8H14N3O4PS/c1-13-16(12,14-2)15-5-6-4-10-8(17-3)11-7(6)9/h4H,5H2,1-3H3,(H2,9,10,11). The molecule has 1 aromatic rings. The molecule has 0 unspecified atom stereocenters. The summed E-state index contributed by atoms with van der Waals surface area (Å²) in [6, 6.07) is 0. The van der Waals surface area contributed by atoms with Crippen molar-refractivity contribution in [2.75, 3.05) is 26.2 Å². The van der Waals surface area contributed by atoms with Crippen LogP contribution in [0.15, 0.2) is 11.4 Å². The summed E-state index contributed by atoms with van der Waals surface area (Å²) in [6.45, 7) is -0.0422. The first-order chi connectivity index (χ1) is 8.04. The average molecular weight is 279 g/mol. The van der Waals surface area contributed by atoms with E-state index in [2.05, 4.69) is 19.0 Å². The van der Waals surface area contributed by atoms with E-state index in [9.17, 15) is 4.57 Å². The van der Waals surface area contributed by atoms with Gasteiger partial charge in [-0.15, -0.1) is 0 Å². The molecule has 0 aliphatic rings. The van der Waals surface area contributed by atoms with Gasteiger partial charge in [-0.1, -0.05) is 11.8 Å². The van der Waals surface area contributed by atoms with Crippen LogP contribution in [0.3, 0.4) is 0 Å². The van der Waals surface area contributed by atoms with Gasteiger partial charge in [-0.05, 0) is 6.26 Å². The number of anilines is 1. The molecule has 0 saturated carbocycles. The molecule has 17 heavy (non-hydrogen) atoms. The number of aromatic nitrogens is 2. The van der Waals surface area contributed by atoms with Gasteiger partial charge in [0.1, 0.15) is 5.82 Å². The largest absolute Gasteiger partial charge is 0.474 e. The topological polar surface area (TPSA) is 96.6 Å². The Balaban J connectivity index is 2.73. The molecule has 0 aliphatic carbocycles. The molecule has 0 radical (unpaired) electrons. The summed E-state index contributed by atoms with van der Waals surface area (Å²) in [4.78, 5) is 8.05. The van der Waals surface area contributed by atoms with E-state index in [4.69, 9.17) is 10.3 Å². The minimum atomic E-state index is -3.50. The maximum absolute atomic E-state index is 11.6. The molecule has 0 atom stereocenters. The van der Waals surface area contributed by atoms with E-state index in [1.165, 1.54) is 32.2 Å². The van der Waals surface area contributed by atoms with E-state index >= 15 is 0 Å². The first-order valence-corrected chi connectivity index (χ1v) is 7.24. The minimum absolute atomic E-state index is 0.0422. The van der Waals surface area contributed by atoms with E-state index in [0.29, 0.717) is 10.7 Å². The Kier molecular flexibility index (Phi) is 5.35. The molecule has 0 bridgehead atoms. The van der Waals surface area contributed by atoms with Gasteiger partial charge < -0.3 is 5.73 Å². The van der Waals surface area contributed by atoms with Crippen LogP contribution in [0.1, 0.15) is 5.56 Å². The van der Waals surface area contributed by atoms with Crippen molar-refractivity contribution in [3.8, 4) is 0 Å². The molecule has 2 N–H and O–H groups in total. The highest BCUT2D eigenvalue weighted by atomic mass is 32.2. The van der Waals surface area contributed by atoms with Gasteiger partial charge in [-0.2, -0.15) is 0 Å². The van der Waals surface area contributed by atoms with Crippen molar-refractivity contribution in [1.29, 1.82) is 0 Å². The smallest absolute Gasteiger partial charge is 0.383 e. The van der Waals surface area contributed by atoms with E-state index in [-0.39, 0.29) is 12.4 Å². The van der Waals surface area contributed by atoms with Crippen molar-refractivity contribution >= 4 is 25.4 Å². The summed E-state index contributed by atoms with van der Waals surface area (Å²) in [5, 5.41) is 0.563. The quantitative estimate of drug-likeness (QED) is 0.477. The van der Waals surface area contributed by atoms with Crippen molar-refractivity contribution in [2.24, 2.45) is 0 Å². The third-order valence-electron chi connectivity index (χ3n) is 1.88. The van der Waals surface area contributed by atoms with Crippen LogP contribution < -0.4 is 5.73 Å². The summed E-state index contributed by atoms with van der Waals surface area (Å²) in [5.74, 6) is 0.281. The highest BCUT2D eigenvalue weighted by Crippen LogP contribution is 2.48. The second-order valence-corrected chi connectivity index (χ2v) is 5.51. The molecule has 0 aromatic carbocycles. The van der Waals surface area contributed by atoms with Crippen LogP contribution >= 0.6 is 19.6 Å². The van der Waals surface area contributed by atoms with Gasteiger partial charge in [0, 0.05) is 26.0 Å². The van der Waals surface area contributed by atoms with Crippen LogP contribution in [0, 0.1) is 0 Å². The maximum atomic E-state index is 11.6. The molecule has 96 valence electrons. The average Bonchev–Trinajstić information content (AvgIpc) is 2.36. The first-order valence-electron chi connectivity index (χ1n) is 4.56. The highest BCUT2D eigenvalue weighted by molar-refractivity contribution is 7.98. The summed E-state index contributed by atoms with van der Waals surface area (Å²) >= 11 is 1.38. The van der Waals surface area contributed by atoms with Gasteiger partial charge in [0.05, 0.1) is 6.61 Å². The summed E-state index contributed by atoms with van der Waals surface area (Å²) in [7, 11) is -1.03. The molecular weight excluding hydrogens is 265 g/mol. The highest BCUT2D eigenvalue weighted by Gasteiger charge is 2.23. The predicted molar refractivity (Wildman–Crippen MR) is 64.6 cm³/mol. The van der Waals surface area contributed by atoms with Gasteiger partial charge in [-0.3, -0.25) is 13.6 Å². The number of hydrogen-bond donors (Lipinski definition) is 1. The number of phosphoric acid groups is 1. The van der Waals surface area contributed by atoms with Crippen molar-refractivity contribution in [2.45, 2.75) is 11.8 Å². The van der Waals surface area contributed by atoms with Crippen LogP contribution in [-0.4, -0.2) is 30.4 Å². The Morgan fingerprint density at radius 3 is 2.59 bits per heavy atom. The fourth-order valence-corrected chi connectivity index (χ4v) is 1.95. The lowest BCUT2D eigenvalue weighted by Gasteiger charge is -2.13. The zero-order valence-corrected chi connectivity index (χ0v) is 11.5. The molecule has 1 aromatic heterocycles. The van der Waals surface area contributed by atoms with Crippen molar-refractivity contribution in [1.82, 2.24) is 9.97 Å². The van der Waals surface area contributed by atoms with Crippen molar-refractivity contribution in [3.05, 3.63) is 11.8 Å². The lowest BCUT2D eigenvalue weighted by atomic mass is 10.3. The van der Waals surface area contributed by atoms with E-state index < -0.39 is 7.82 Å². The van der Waals surface area contributed by atoms with Crippen molar-refractivity contribution in [3.63, 3.8) is 0 Å². The Morgan fingerprint density at radius 1 is 1.47 bits per heavy atom. The summed E-state index contributed by atoms with van der Waals surface area (Å²) in [5.41, 5.74) is 6.22. The Labute approximate surface area is 104 Å². The van der Waals surface area contributed by atoms with Gasteiger partial charge in [0.15, 0.2) is 5.16 Å². The molecule has 0 fully saturated rings.